The molecule has 0 radical (unpaired) electrons. The van der Waals surface area contributed by atoms with Gasteiger partial charge in [0.05, 0.1) is 6.54 Å². The van der Waals surface area contributed by atoms with E-state index < -0.39 is 0 Å². The summed E-state index contributed by atoms with van der Waals surface area (Å²) in [5, 5.41) is 2.00. The van der Waals surface area contributed by atoms with Crippen molar-refractivity contribution in [3.05, 3.63) is 24.4 Å². The van der Waals surface area contributed by atoms with Gasteiger partial charge in [-0.3, -0.25) is 5.01 Å². The summed E-state index contributed by atoms with van der Waals surface area (Å²) < 4.78 is 0. The van der Waals surface area contributed by atoms with Crippen LogP contribution in [0.25, 0.3) is 0 Å². The number of rotatable bonds is 1. The molecule has 4 heteroatoms. The molecule has 4 nitrogen and oxygen atoms in total. The lowest BCUT2D eigenvalue weighted by Gasteiger charge is -2.16. The Hall–Kier alpha value is -1.13. The quantitative estimate of drug-likeness (QED) is 0.663. The molecule has 0 amide bonds. The standard InChI is InChI=1S/C9H14N4/c1-9(2)7-13(12-11-9)8-5-3-4-6-10-8/h3-6,11-12H,7H2,1-2H3. The maximum Gasteiger partial charge on any atom is 0.143 e. The van der Waals surface area contributed by atoms with Crippen molar-refractivity contribution in [2.24, 2.45) is 0 Å². The van der Waals surface area contributed by atoms with Crippen molar-refractivity contribution < 1.29 is 0 Å². The number of anilines is 1. The lowest BCUT2D eigenvalue weighted by atomic mass is 10.1. The molecule has 0 spiro atoms. The molecule has 2 N–H and O–H groups in total. The zero-order valence-corrected chi connectivity index (χ0v) is 7.91. The largest absolute Gasteiger partial charge is 0.277 e. The first-order chi connectivity index (χ1) is 6.17. The van der Waals surface area contributed by atoms with Gasteiger partial charge in [-0.1, -0.05) is 6.07 Å². The van der Waals surface area contributed by atoms with Gasteiger partial charge in [-0.25, -0.2) is 10.4 Å². The van der Waals surface area contributed by atoms with Crippen LogP contribution in [0.2, 0.25) is 0 Å². The molecule has 1 aliphatic rings. The number of hydrogen-bond acceptors (Lipinski definition) is 4. The molecule has 1 fully saturated rings. The minimum Gasteiger partial charge on any atom is -0.277 e. The summed E-state index contributed by atoms with van der Waals surface area (Å²) in [6.07, 6.45) is 1.79. The first kappa shape index (κ1) is 8.47. The number of aromatic nitrogens is 1. The molecule has 13 heavy (non-hydrogen) atoms. The van der Waals surface area contributed by atoms with Crippen LogP contribution in [0.5, 0.6) is 0 Å². The van der Waals surface area contributed by atoms with E-state index in [2.05, 4.69) is 29.8 Å². The lowest BCUT2D eigenvalue weighted by Crippen LogP contribution is -2.40. The molecule has 2 heterocycles. The number of hydrazine groups is 2. The summed E-state index contributed by atoms with van der Waals surface area (Å²) in [6, 6.07) is 5.88. The minimum absolute atomic E-state index is 0.0948. The Labute approximate surface area is 77.9 Å². The minimum atomic E-state index is 0.0948. The number of hydrogen-bond donors (Lipinski definition) is 2. The Balaban J connectivity index is 2.13. The monoisotopic (exact) mass is 178 g/mol. The normalized spacial score (nSPS) is 20.6. The predicted molar refractivity (Wildman–Crippen MR) is 51.9 cm³/mol. The second kappa shape index (κ2) is 2.97. The van der Waals surface area contributed by atoms with Gasteiger partial charge in [0.15, 0.2) is 0 Å². The zero-order chi connectivity index (χ0) is 9.31. The Bertz CT molecular complexity index is 283. The Kier molecular flexibility index (Phi) is 1.94. The van der Waals surface area contributed by atoms with E-state index in [1.807, 2.05) is 23.2 Å². The second-order valence-corrected chi connectivity index (χ2v) is 3.89. The van der Waals surface area contributed by atoms with E-state index in [-0.39, 0.29) is 5.54 Å². The molecular weight excluding hydrogens is 164 g/mol. The maximum atomic E-state index is 4.25. The fourth-order valence-electron chi connectivity index (χ4n) is 1.34. The molecule has 0 bridgehead atoms. The van der Waals surface area contributed by atoms with Crippen LogP contribution in [-0.2, 0) is 0 Å². The average Bonchev–Trinajstić information content (AvgIpc) is 2.48. The zero-order valence-electron chi connectivity index (χ0n) is 7.91. The van der Waals surface area contributed by atoms with E-state index in [0.717, 1.165) is 12.4 Å². The summed E-state index contributed by atoms with van der Waals surface area (Å²) in [4.78, 5) is 4.25. The predicted octanol–water partition coefficient (Wildman–Crippen LogP) is 0.689. The van der Waals surface area contributed by atoms with Gasteiger partial charge < -0.3 is 0 Å². The summed E-state index contributed by atoms with van der Waals surface area (Å²) >= 11 is 0. The van der Waals surface area contributed by atoms with Crippen molar-refractivity contribution in [1.82, 2.24) is 15.9 Å². The van der Waals surface area contributed by atoms with Gasteiger partial charge in [-0.05, 0) is 26.0 Å². The van der Waals surface area contributed by atoms with E-state index >= 15 is 0 Å². The summed E-state index contributed by atoms with van der Waals surface area (Å²) in [5.41, 5.74) is 6.36. The van der Waals surface area contributed by atoms with E-state index in [9.17, 15) is 0 Å². The molecule has 1 aromatic heterocycles. The summed E-state index contributed by atoms with van der Waals surface area (Å²) in [6.45, 7) is 5.19. The van der Waals surface area contributed by atoms with E-state index in [4.69, 9.17) is 0 Å². The average molecular weight is 178 g/mol. The lowest BCUT2D eigenvalue weighted by molar-refractivity contribution is 0.448. The highest BCUT2D eigenvalue weighted by molar-refractivity contribution is 5.37. The van der Waals surface area contributed by atoms with Crippen molar-refractivity contribution in [3.63, 3.8) is 0 Å². The molecule has 0 aromatic carbocycles. The molecule has 70 valence electrons. The second-order valence-electron chi connectivity index (χ2n) is 3.89. The first-order valence-electron chi connectivity index (χ1n) is 4.39. The summed E-state index contributed by atoms with van der Waals surface area (Å²) in [5.74, 6) is 0.945. The Morgan fingerprint density at radius 1 is 1.46 bits per heavy atom. The van der Waals surface area contributed by atoms with Gasteiger partial charge in [0, 0.05) is 11.7 Å². The van der Waals surface area contributed by atoms with Crippen LogP contribution in [0.15, 0.2) is 24.4 Å². The van der Waals surface area contributed by atoms with Crippen LogP contribution in [0.1, 0.15) is 13.8 Å². The highest BCUT2D eigenvalue weighted by atomic mass is 15.7. The molecule has 0 unspecified atom stereocenters. The fraction of sp³-hybridized carbons (Fsp3) is 0.444. The van der Waals surface area contributed by atoms with Crippen LogP contribution in [0, 0.1) is 0 Å². The van der Waals surface area contributed by atoms with Gasteiger partial charge in [0.25, 0.3) is 0 Å². The smallest absolute Gasteiger partial charge is 0.143 e. The highest BCUT2D eigenvalue weighted by Gasteiger charge is 2.28. The topological polar surface area (TPSA) is 40.2 Å². The van der Waals surface area contributed by atoms with E-state index in [0.29, 0.717) is 0 Å². The van der Waals surface area contributed by atoms with Crippen molar-refractivity contribution in [2.45, 2.75) is 19.4 Å². The fourth-order valence-corrected chi connectivity index (χ4v) is 1.34. The maximum absolute atomic E-state index is 4.25. The molecule has 1 aliphatic heterocycles. The molecule has 0 atom stereocenters. The third-order valence-corrected chi connectivity index (χ3v) is 2.01. The third kappa shape index (κ3) is 1.79. The number of nitrogens with zero attached hydrogens (tertiary/aromatic N) is 2. The SMILES string of the molecule is CC1(C)CN(c2ccccn2)NN1. The van der Waals surface area contributed by atoms with Crippen molar-refractivity contribution >= 4 is 5.82 Å². The molecule has 1 saturated heterocycles. The number of pyridine rings is 1. The molecule has 1 aromatic rings. The van der Waals surface area contributed by atoms with Gasteiger partial charge in [-0.15, -0.1) is 0 Å². The van der Waals surface area contributed by atoms with Crippen LogP contribution in [0.4, 0.5) is 5.82 Å². The highest BCUT2D eigenvalue weighted by Crippen LogP contribution is 2.15. The molecule has 0 saturated carbocycles. The van der Waals surface area contributed by atoms with Gasteiger partial charge in [0.2, 0.25) is 0 Å². The van der Waals surface area contributed by atoms with Crippen LogP contribution < -0.4 is 16.0 Å². The Morgan fingerprint density at radius 2 is 2.31 bits per heavy atom. The van der Waals surface area contributed by atoms with Crippen LogP contribution >= 0.6 is 0 Å². The molecular formula is C9H14N4. The summed E-state index contributed by atoms with van der Waals surface area (Å²) in [7, 11) is 0. The van der Waals surface area contributed by atoms with Gasteiger partial charge in [0.1, 0.15) is 5.82 Å². The van der Waals surface area contributed by atoms with Gasteiger partial charge >= 0.3 is 0 Å². The molecule has 0 aliphatic carbocycles. The van der Waals surface area contributed by atoms with E-state index in [1.54, 1.807) is 6.20 Å². The molecule has 2 rings (SSSR count). The van der Waals surface area contributed by atoms with Gasteiger partial charge in [-0.2, -0.15) is 5.53 Å². The van der Waals surface area contributed by atoms with Crippen LogP contribution in [-0.4, -0.2) is 17.1 Å². The van der Waals surface area contributed by atoms with Crippen LogP contribution in [0.3, 0.4) is 0 Å². The number of nitrogens with one attached hydrogen (secondary N) is 2. The van der Waals surface area contributed by atoms with Crippen molar-refractivity contribution in [2.75, 3.05) is 11.6 Å². The Morgan fingerprint density at radius 3 is 2.85 bits per heavy atom. The third-order valence-electron chi connectivity index (χ3n) is 2.01. The van der Waals surface area contributed by atoms with E-state index in [1.165, 1.54) is 0 Å². The van der Waals surface area contributed by atoms with Crippen molar-refractivity contribution in [3.8, 4) is 0 Å². The van der Waals surface area contributed by atoms with Crippen molar-refractivity contribution in [1.29, 1.82) is 0 Å². The first-order valence-corrected chi connectivity index (χ1v) is 4.39.